The Morgan fingerprint density at radius 2 is 2.28 bits per heavy atom. The summed E-state index contributed by atoms with van der Waals surface area (Å²) >= 11 is 0. The summed E-state index contributed by atoms with van der Waals surface area (Å²) in [6, 6.07) is 7.21. The highest BCUT2D eigenvalue weighted by molar-refractivity contribution is 5.38. The van der Waals surface area contributed by atoms with Crippen LogP contribution in [0.5, 0.6) is 0 Å². The molecule has 1 N–H and O–H groups in total. The van der Waals surface area contributed by atoms with E-state index in [0.29, 0.717) is 29.9 Å². The predicted molar refractivity (Wildman–Crippen MR) is 62.6 cm³/mol. The Hall–Kier alpha value is -2.42. The molecule has 0 atom stereocenters. The van der Waals surface area contributed by atoms with Crippen LogP contribution >= 0.6 is 0 Å². The fraction of sp³-hybridized carbons (Fsp3) is 0.333. The second kappa shape index (κ2) is 4.45. The second-order valence-corrected chi connectivity index (χ2v) is 4.19. The molecule has 2 aromatic heterocycles. The fourth-order valence-electron chi connectivity index (χ4n) is 1.61. The summed E-state index contributed by atoms with van der Waals surface area (Å²) in [5.74, 6) is 2.45. The lowest BCUT2D eigenvalue weighted by Gasteiger charge is -2.01. The molecule has 0 saturated heterocycles. The van der Waals surface area contributed by atoms with Crippen LogP contribution in [0, 0.1) is 11.3 Å². The molecule has 1 aliphatic rings. The van der Waals surface area contributed by atoms with Gasteiger partial charge >= 0.3 is 0 Å². The molecule has 0 spiro atoms. The summed E-state index contributed by atoms with van der Waals surface area (Å²) in [6.45, 7) is 0.418. The van der Waals surface area contributed by atoms with E-state index in [1.807, 2.05) is 6.07 Å². The average molecular weight is 241 g/mol. The molecule has 90 valence electrons. The van der Waals surface area contributed by atoms with Gasteiger partial charge in [0.1, 0.15) is 17.6 Å². The molecule has 0 amide bonds. The molecule has 0 bridgehead atoms. The number of rotatable bonds is 4. The molecular formula is C12H11N5O. The monoisotopic (exact) mass is 241 g/mol. The third-order valence-electron chi connectivity index (χ3n) is 2.71. The molecule has 0 radical (unpaired) electrons. The molecule has 1 aliphatic carbocycles. The lowest BCUT2D eigenvalue weighted by atomic mass is 10.3. The van der Waals surface area contributed by atoms with Crippen LogP contribution < -0.4 is 5.32 Å². The predicted octanol–water partition coefficient (Wildman–Crippen LogP) is 1.83. The number of nitrogens with one attached hydrogen (secondary N) is 1. The number of pyridine rings is 1. The van der Waals surface area contributed by atoms with Gasteiger partial charge < -0.3 is 9.84 Å². The maximum atomic E-state index is 8.74. The quantitative estimate of drug-likeness (QED) is 0.878. The topological polar surface area (TPSA) is 87.6 Å². The number of anilines is 1. The van der Waals surface area contributed by atoms with Crippen LogP contribution in [0.3, 0.4) is 0 Å². The van der Waals surface area contributed by atoms with E-state index in [1.54, 1.807) is 18.2 Å². The Labute approximate surface area is 104 Å². The van der Waals surface area contributed by atoms with Gasteiger partial charge in [-0.05, 0) is 25.0 Å². The largest absolute Gasteiger partial charge is 0.361 e. The third kappa shape index (κ3) is 2.30. The van der Waals surface area contributed by atoms with Gasteiger partial charge in [0.05, 0.1) is 6.54 Å². The molecule has 2 aromatic rings. The number of nitriles is 1. The van der Waals surface area contributed by atoms with E-state index in [9.17, 15) is 0 Å². The Kier molecular flexibility index (Phi) is 2.65. The zero-order valence-electron chi connectivity index (χ0n) is 9.63. The summed E-state index contributed by atoms with van der Waals surface area (Å²) < 4.78 is 5.13. The van der Waals surface area contributed by atoms with Crippen LogP contribution in [-0.4, -0.2) is 15.1 Å². The molecule has 2 heterocycles. The van der Waals surface area contributed by atoms with E-state index in [1.165, 1.54) is 0 Å². The van der Waals surface area contributed by atoms with Crippen molar-refractivity contribution in [2.45, 2.75) is 25.3 Å². The molecule has 0 aliphatic heterocycles. The molecular weight excluding hydrogens is 230 g/mol. The van der Waals surface area contributed by atoms with Gasteiger partial charge in [0.2, 0.25) is 5.89 Å². The van der Waals surface area contributed by atoms with Gasteiger partial charge in [-0.1, -0.05) is 11.2 Å². The van der Waals surface area contributed by atoms with Crippen molar-refractivity contribution in [1.82, 2.24) is 15.1 Å². The zero-order chi connectivity index (χ0) is 12.4. The first-order chi connectivity index (χ1) is 8.85. The molecule has 0 aromatic carbocycles. The van der Waals surface area contributed by atoms with Gasteiger partial charge in [-0.15, -0.1) is 0 Å². The second-order valence-electron chi connectivity index (χ2n) is 4.19. The highest BCUT2D eigenvalue weighted by atomic mass is 16.5. The van der Waals surface area contributed by atoms with Crippen molar-refractivity contribution < 1.29 is 4.52 Å². The first kappa shape index (κ1) is 10.7. The van der Waals surface area contributed by atoms with Gasteiger partial charge in [-0.3, -0.25) is 0 Å². The summed E-state index contributed by atoms with van der Waals surface area (Å²) in [4.78, 5) is 8.40. The Balaban J connectivity index is 1.64. The van der Waals surface area contributed by atoms with Crippen LogP contribution in [0.4, 0.5) is 5.82 Å². The molecule has 1 fully saturated rings. The van der Waals surface area contributed by atoms with Crippen LogP contribution in [0.25, 0.3) is 0 Å². The van der Waals surface area contributed by atoms with Crippen molar-refractivity contribution >= 4 is 5.82 Å². The summed E-state index contributed by atoms with van der Waals surface area (Å²) in [7, 11) is 0. The van der Waals surface area contributed by atoms with E-state index in [-0.39, 0.29) is 0 Å². The summed E-state index contributed by atoms with van der Waals surface area (Å²) in [5, 5.41) is 15.7. The van der Waals surface area contributed by atoms with Crippen molar-refractivity contribution in [2.75, 3.05) is 5.32 Å². The first-order valence-electron chi connectivity index (χ1n) is 5.78. The molecule has 6 heteroatoms. The van der Waals surface area contributed by atoms with Gasteiger partial charge in [0, 0.05) is 5.92 Å². The van der Waals surface area contributed by atoms with Gasteiger partial charge in [0.15, 0.2) is 5.82 Å². The first-order valence-corrected chi connectivity index (χ1v) is 5.78. The number of hydrogen-bond donors (Lipinski definition) is 1. The van der Waals surface area contributed by atoms with Gasteiger partial charge in [0.25, 0.3) is 0 Å². The van der Waals surface area contributed by atoms with E-state index in [2.05, 4.69) is 20.4 Å². The standard InChI is InChI=1S/C12H11N5O/c13-6-9-2-1-3-10(15-9)14-7-11-16-12(17-18-11)8-4-5-8/h1-3,8H,4-5,7H2,(H,14,15). The minimum absolute atomic E-state index is 0.379. The average Bonchev–Trinajstić information content (AvgIpc) is 3.16. The van der Waals surface area contributed by atoms with E-state index < -0.39 is 0 Å². The van der Waals surface area contributed by atoms with Crippen molar-refractivity contribution in [1.29, 1.82) is 5.26 Å². The zero-order valence-corrected chi connectivity index (χ0v) is 9.63. The van der Waals surface area contributed by atoms with Crippen molar-refractivity contribution in [3.05, 3.63) is 35.6 Å². The maximum Gasteiger partial charge on any atom is 0.245 e. The van der Waals surface area contributed by atoms with Crippen molar-refractivity contribution in [3.63, 3.8) is 0 Å². The Bertz CT molecular complexity index is 597. The van der Waals surface area contributed by atoms with Crippen LogP contribution in [-0.2, 0) is 6.54 Å². The van der Waals surface area contributed by atoms with E-state index in [0.717, 1.165) is 18.7 Å². The van der Waals surface area contributed by atoms with Gasteiger partial charge in [-0.25, -0.2) is 4.98 Å². The van der Waals surface area contributed by atoms with Gasteiger partial charge in [-0.2, -0.15) is 10.2 Å². The smallest absolute Gasteiger partial charge is 0.245 e. The number of nitrogens with zero attached hydrogens (tertiary/aromatic N) is 4. The molecule has 3 rings (SSSR count). The van der Waals surface area contributed by atoms with Crippen molar-refractivity contribution in [3.8, 4) is 6.07 Å². The summed E-state index contributed by atoms with van der Waals surface area (Å²) in [5.41, 5.74) is 0.379. The number of hydrogen-bond acceptors (Lipinski definition) is 6. The molecule has 18 heavy (non-hydrogen) atoms. The summed E-state index contributed by atoms with van der Waals surface area (Å²) in [6.07, 6.45) is 2.30. The normalized spacial score (nSPS) is 14.2. The van der Waals surface area contributed by atoms with Crippen LogP contribution in [0.15, 0.2) is 22.7 Å². The van der Waals surface area contributed by atoms with E-state index >= 15 is 0 Å². The van der Waals surface area contributed by atoms with Crippen LogP contribution in [0.1, 0.15) is 36.2 Å². The maximum absolute atomic E-state index is 8.74. The Morgan fingerprint density at radius 1 is 1.39 bits per heavy atom. The lowest BCUT2D eigenvalue weighted by Crippen LogP contribution is -2.02. The SMILES string of the molecule is N#Cc1cccc(NCc2nc(C3CC3)no2)n1. The van der Waals surface area contributed by atoms with Crippen molar-refractivity contribution in [2.24, 2.45) is 0 Å². The number of aromatic nitrogens is 3. The fourth-order valence-corrected chi connectivity index (χ4v) is 1.61. The van der Waals surface area contributed by atoms with Crippen LogP contribution in [0.2, 0.25) is 0 Å². The molecule has 6 nitrogen and oxygen atoms in total. The Morgan fingerprint density at radius 3 is 3.06 bits per heavy atom. The molecule has 1 saturated carbocycles. The minimum Gasteiger partial charge on any atom is -0.361 e. The molecule has 0 unspecified atom stereocenters. The minimum atomic E-state index is 0.379. The lowest BCUT2D eigenvalue weighted by molar-refractivity contribution is 0.378. The highest BCUT2D eigenvalue weighted by Crippen LogP contribution is 2.38. The third-order valence-corrected chi connectivity index (χ3v) is 2.71. The van der Waals surface area contributed by atoms with E-state index in [4.69, 9.17) is 9.78 Å². The highest BCUT2D eigenvalue weighted by Gasteiger charge is 2.28.